The van der Waals surface area contributed by atoms with Crippen molar-refractivity contribution in [3.8, 4) is 0 Å². The molecule has 0 N–H and O–H groups in total. The maximum atomic E-state index is 8.63. The zero-order valence-corrected chi connectivity index (χ0v) is 14.1. The Bertz CT molecular complexity index is 789. The summed E-state index contributed by atoms with van der Waals surface area (Å²) in [5, 5.41) is 4.72. The van der Waals surface area contributed by atoms with E-state index in [1.54, 1.807) is 24.5 Å². The van der Waals surface area contributed by atoms with Crippen molar-refractivity contribution >= 4 is 64.3 Å². The van der Waals surface area contributed by atoms with Gasteiger partial charge < -0.3 is 0 Å². The highest BCUT2D eigenvalue weighted by molar-refractivity contribution is 7.98. The lowest BCUT2D eigenvalue weighted by Crippen LogP contribution is -1.94. The molecule has 2 rings (SSSR count). The first-order valence-electron chi connectivity index (χ1n) is 5.71. The van der Waals surface area contributed by atoms with Crippen LogP contribution in [0.1, 0.15) is 5.56 Å². The van der Waals surface area contributed by atoms with E-state index in [-0.39, 0.29) is 11.0 Å². The number of azide groups is 1. The van der Waals surface area contributed by atoms with Crippen molar-refractivity contribution in [1.82, 2.24) is 9.97 Å². The summed E-state index contributed by atoms with van der Waals surface area (Å²) in [5.41, 5.74) is 9.38. The van der Waals surface area contributed by atoms with E-state index in [2.05, 4.69) is 25.0 Å². The lowest BCUT2D eigenvalue weighted by atomic mass is 10.3. The highest BCUT2D eigenvalue weighted by Gasteiger charge is 2.11. The molecule has 2 aromatic rings. The molecule has 0 fully saturated rings. The monoisotopic (exact) mass is 372 g/mol. The standard InChI is InChI=1S/C12H7Cl3N6S/c1-22-12-18-10(15)6(11(19-12)20-21-16)5-17-8-4-2-3-7(13)9(8)14/h2-5H,1H3. The molecule has 0 atom stereocenters. The molecule has 112 valence electrons. The van der Waals surface area contributed by atoms with Crippen molar-refractivity contribution in [2.24, 2.45) is 10.1 Å². The summed E-state index contributed by atoms with van der Waals surface area (Å²) in [5.74, 6) is 0.0914. The average molecular weight is 374 g/mol. The topological polar surface area (TPSA) is 86.9 Å². The van der Waals surface area contributed by atoms with Crippen molar-refractivity contribution in [2.75, 3.05) is 6.26 Å². The molecule has 0 radical (unpaired) electrons. The summed E-state index contributed by atoms with van der Waals surface area (Å²) < 4.78 is 0. The van der Waals surface area contributed by atoms with E-state index in [0.717, 1.165) is 0 Å². The second-order valence-corrected chi connectivity index (χ2v) is 5.68. The number of halogens is 3. The van der Waals surface area contributed by atoms with Crippen LogP contribution < -0.4 is 0 Å². The van der Waals surface area contributed by atoms with Crippen molar-refractivity contribution in [3.63, 3.8) is 0 Å². The van der Waals surface area contributed by atoms with Gasteiger partial charge in [-0.1, -0.05) is 52.6 Å². The second kappa shape index (κ2) is 7.67. The van der Waals surface area contributed by atoms with Gasteiger partial charge in [-0.15, -0.1) is 0 Å². The first-order chi connectivity index (χ1) is 10.6. The summed E-state index contributed by atoms with van der Waals surface area (Å²) in [6.45, 7) is 0. The number of nitrogens with zero attached hydrogens (tertiary/aromatic N) is 6. The van der Waals surface area contributed by atoms with Crippen LogP contribution in [-0.4, -0.2) is 22.4 Å². The largest absolute Gasteiger partial charge is 0.254 e. The van der Waals surface area contributed by atoms with Gasteiger partial charge in [-0.2, -0.15) is 0 Å². The molecule has 0 bridgehead atoms. The number of thioether (sulfide) groups is 1. The fraction of sp³-hybridized carbons (Fsp3) is 0.0833. The predicted octanol–water partition coefficient (Wildman–Crippen LogP) is 5.85. The number of rotatable bonds is 4. The summed E-state index contributed by atoms with van der Waals surface area (Å²) in [4.78, 5) is 15.1. The van der Waals surface area contributed by atoms with Crippen molar-refractivity contribution in [2.45, 2.75) is 5.16 Å². The van der Waals surface area contributed by atoms with E-state index in [1.165, 1.54) is 18.0 Å². The van der Waals surface area contributed by atoms with Crippen molar-refractivity contribution in [1.29, 1.82) is 0 Å². The van der Waals surface area contributed by atoms with E-state index in [4.69, 9.17) is 40.3 Å². The number of aliphatic imine (C=N–C) groups is 1. The molecule has 0 aliphatic carbocycles. The van der Waals surface area contributed by atoms with Crippen LogP contribution in [0.2, 0.25) is 15.2 Å². The SMILES string of the molecule is CSc1nc(Cl)c(C=Nc2cccc(Cl)c2Cl)c(N=[N+]=[N-])n1. The Balaban J connectivity index is 2.50. The van der Waals surface area contributed by atoms with E-state index < -0.39 is 0 Å². The van der Waals surface area contributed by atoms with Crippen LogP contribution in [0.3, 0.4) is 0 Å². The molecule has 0 amide bonds. The molecule has 10 heteroatoms. The van der Waals surface area contributed by atoms with Crippen LogP contribution in [0.25, 0.3) is 10.4 Å². The Morgan fingerprint density at radius 1 is 1.27 bits per heavy atom. The van der Waals surface area contributed by atoms with Gasteiger partial charge in [-0.05, 0) is 29.0 Å². The van der Waals surface area contributed by atoms with Gasteiger partial charge >= 0.3 is 0 Å². The zero-order chi connectivity index (χ0) is 16.1. The number of hydrogen-bond donors (Lipinski definition) is 0. The van der Waals surface area contributed by atoms with Gasteiger partial charge in [0.1, 0.15) is 11.0 Å². The van der Waals surface area contributed by atoms with Crippen LogP contribution in [-0.2, 0) is 0 Å². The zero-order valence-electron chi connectivity index (χ0n) is 11.0. The smallest absolute Gasteiger partial charge is 0.189 e. The molecule has 1 aromatic carbocycles. The van der Waals surface area contributed by atoms with Gasteiger partial charge in [0.15, 0.2) is 5.16 Å². The van der Waals surface area contributed by atoms with Crippen LogP contribution in [0.5, 0.6) is 0 Å². The Kier molecular flexibility index (Phi) is 5.88. The lowest BCUT2D eigenvalue weighted by Gasteiger charge is -2.04. The van der Waals surface area contributed by atoms with E-state index >= 15 is 0 Å². The van der Waals surface area contributed by atoms with Crippen LogP contribution >= 0.6 is 46.6 Å². The molecule has 0 saturated carbocycles. The van der Waals surface area contributed by atoms with Crippen LogP contribution in [0.4, 0.5) is 11.5 Å². The molecule has 0 aliphatic heterocycles. The number of hydrogen-bond acceptors (Lipinski definition) is 5. The minimum atomic E-state index is 0.0914. The van der Waals surface area contributed by atoms with Crippen molar-refractivity contribution in [3.05, 3.63) is 49.4 Å². The minimum absolute atomic E-state index is 0.0914. The molecule has 6 nitrogen and oxygen atoms in total. The Morgan fingerprint density at radius 3 is 2.73 bits per heavy atom. The average Bonchev–Trinajstić information content (AvgIpc) is 2.50. The van der Waals surface area contributed by atoms with Gasteiger partial charge in [-0.3, -0.25) is 4.99 Å². The van der Waals surface area contributed by atoms with E-state index in [1.807, 2.05) is 0 Å². The Morgan fingerprint density at radius 2 is 2.05 bits per heavy atom. The summed E-state index contributed by atoms with van der Waals surface area (Å²) in [7, 11) is 0. The maximum Gasteiger partial charge on any atom is 0.189 e. The highest BCUT2D eigenvalue weighted by Crippen LogP contribution is 2.32. The van der Waals surface area contributed by atoms with Gasteiger partial charge in [0.05, 0.1) is 21.3 Å². The quantitative estimate of drug-likeness (QED) is 0.128. The van der Waals surface area contributed by atoms with E-state index in [9.17, 15) is 0 Å². The van der Waals surface area contributed by atoms with Gasteiger partial charge in [0.2, 0.25) is 0 Å². The molecule has 0 saturated heterocycles. The molecule has 1 heterocycles. The van der Waals surface area contributed by atoms with Crippen molar-refractivity contribution < 1.29 is 0 Å². The molecular weight excluding hydrogens is 367 g/mol. The minimum Gasteiger partial charge on any atom is -0.254 e. The molecule has 0 spiro atoms. The van der Waals surface area contributed by atoms with Gasteiger partial charge in [0.25, 0.3) is 0 Å². The van der Waals surface area contributed by atoms with Gasteiger partial charge in [0, 0.05) is 11.1 Å². The first kappa shape index (κ1) is 16.9. The molecular formula is C12H7Cl3N6S. The molecule has 1 aromatic heterocycles. The Labute approximate surface area is 145 Å². The second-order valence-electron chi connectivity index (χ2n) is 3.76. The molecule has 22 heavy (non-hydrogen) atoms. The maximum absolute atomic E-state index is 8.63. The van der Waals surface area contributed by atoms with E-state index in [0.29, 0.717) is 26.5 Å². The normalized spacial score (nSPS) is 10.7. The summed E-state index contributed by atoms with van der Waals surface area (Å²) >= 11 is 19.3. The Hall–Kier alpha value is -1.50. The summed E-state index contributed by atoms with van der Waals surface area (Å²) in [6.07, 6.45) is 3.17. The molecule has 0 unspecified atom stereocenters. The van der Waals surface area contributed by atoms with Crippen LogP contribution in [0, 0.1) is 0 Å². The van der Waals surface area contributed by atoms with Gasteiger partial charge in [-0.25, -0.2) is 9.97 Å². The third kappa shape index (κ3) is 3.82. The first-order valence-corrected chi connectivity index (χ1v) is 8.07. The number of benzene rings is 1. The predicted molar refractivity (Wildman–Crippen MR) is 91.3 cm³/mol. The third-order valence-corrected chi connectivity index (χ3v) is 4.09. The third-order valence-electron chi connectivity index (χ3n) is 2.44. The van der Waals surface area contributed by atoms with Crippen LogP contribution in [0.15, 0.2) is 33.5 Å². The fourth-order valence-electron chi connectivity index (χ4n) is 1.46. The molecule has 0 aliphatic rings. The lowest BCUT2D eigenvalue weighted by molar-refractivity contribution is 0.962. The summed E-state index contributed by atoms with van der Waals surface area (Å²) in [6, 6.07) is 5.05. The highest BCUT2D eigenvalue weighted by atomic mass is 35.5. The number of aromatic nitrogens is 2. The fourth-order valence-corrected chi connectivity index (χ4v) is 2.43.